The predicted molar refractivity (Wildman–Crippen MR) is 115 cm³/mol. The minimum atomic E-state index is -0.685. The maximum Gasteiger partial charge on any atom is 0.303 e. The summed E-state index contributed by atoms with van der Waals surface area (Å²) in [6.45, 7) is 7.24. The fourth-order valence-electron chi connectivity index (χ4n) is 4.89. The fraction of sp³-hybridized carbons (Fsp3) is 0.565. The highest BCUT2D eigenvalue weighted by Gasteiger charge is 2.34. The number of fused-ring (bicyclic) bond motifs is 1. The monoisotopic (exact) mass is 396 g/mol. The first kappa shape index (κ1) is 20.3. The fourth-order valence-corrected chi connectivity index (χ4v) is 4.89. The number of hydrogen-bond acceptors (Lipinski definition) is 5. The molecule has 0 bridgehead atoms. The summed E-state index contributed by atoms with van der Waals surface area (Å²) in [5.41, 5.74) is 2.14. The van der Waals surface area contributed by atoms with Gasteiger partial charge in [-0.2, -0.15) is 0 Å². The Morgan fingerprint density at radius 2 is 1.90 bits per heavy atom. The normalized spacial score (nSPS) is 24.7. The Morgan fingerprint density at radius 3 is 2.69 bits per heavy atom. The van der Waals surface area contributed by atoms with Crippen molar-refractivity contribution in [2.75, 3.05) is 46.3 Å². The molecule has 6 nitrogen and oxygen atoms in total. The third-order valence-corrected chi connectivity index (χ3v) is 6.56. The van der Waals surface area contributed by atoms with Crippen LogP contribution in [-0.4, -0.2) is 83.1 Å². The molecule has 1 aromatic carbocycles. The van der Waals surface area contributed by atoms with E-state index < -0.39 is 5.97 Å². The number of likely N-dealkylation sites (tertiary alicyclic amines) is 1. The molecule has 1 aromatic heterocycles. The summed E-state index contributed by atoms with van der Waals surface area (Å²) < 4.78 is 0. The molecule has 29 heavy (non-hydrogen) atoms. The lowest BCUT2D eigenvalue weighted by molar-refractivity contribution is -0.137. The summed E-state index contributed by atoms with van der Waals surface area (Å²) in [6.07, 6.45) is 2.13. The van der Waals surface area contributed by atoms with Gasteiger partial charge in [-0.25, -0.2) is 0 Å². The summed E-state index contributed by atoms with van der Waals surface area (Å²) in [7, 11) is 2.18. The summed E-state index contributed by atoms with van der Waals surface area (Å²) in [5.74, 6) is -0.279. The number of rotatable bonds is 6. The van der Waals surface area contributed by atoms with Crippen LogP contribution in [0.15, 0.2) is 36.4 Å². The zero-order valence-electron chi connectivity index (χ0n) is 17.3. The maximum atomic E-state index is 11.2. The highest BCUT2D eigenvalue weighted by atomic mass is 16.4. The molecule has 2 saturated heterocycles. The molecule has 3 heterocycles. The molecule has 2 fully saturated rings. The molecule has 0 radical (unpaired) electrons. The molecule has 0 unspecified atom stereocenters. The van der Waals surface area contributed by atoms with E-state index in [2.05, 4.69) is 46.0 Å². The molecule has 1 N–H and O–H groups in total. The number of carboxylic acid groups (broad SMARTS) is 1. The standard InChI is InChI=1S/C23H32N4O2/c1-25-12-14-27(15-13-25)22-10-11-26(16-19(22)7-9-23(28)29)17-20-8-6-18-4-2-3-5-21(18)24-20/h2-6,8,19,22H,7,9-17H2,1H3,(H,28,29)/t19-,22+/m0/s1. The van der Waals surface area contributed by atoms with Crippen LogP contribution < -0.4 is 0 Å². The first-order valence-electron chi connectivity index (χ1n) is 10.8. The minimum absolute atomic E-state index is 0.261. The van der Waals surface area contributed by atoms with E-state index in [9.17, 15) is 9.90 Å². The molecule has 0 aliphatic carbocycles. The second kappa shape index (κ2) is 9.20. The number of aromatic nitrogens is 1. The number of benzene rings is 1. The van der Waals surface area contributed by atoms with Crippen molar-refractivity contribution >= 4 is 16.9 Å². The number of aliphatic carboxylic acids is 1. The van der Waals surface area contributed by atoms with Gasteiger partial charge < -0.3 is 10.0 Å². The van der Waals surface area contributed by atoms with E-state index in [1.54, 1.807) is 0 Å². The van der Waals surface area contributed by atoms with E-state index in [-0.39, 0.29) is 6.42 Å². The average molecular weight is 397 g/mol. The van der Waals surface area contributed by atoms with Gasteiger partial charge in [-0.05, 0) is 37.9 Å². The van der Waals surface area contributed by atoms with Crippen LogP contribution in [0.25, 0.3) is 10.9 Å². The van der Waals surface area contributed by atoms with E-state index in [4.69, 9.17) is 4.98 Å². The average Bonchev–Trinajstić information content (AvgIpc) is 2.73. The Kier molecular flexibility index (Phi) is 6.43. The third-order valence-electron chi connectivity index (χ3n) is 6.56. The second-order valence-electron chi connectivity index (χ2n) is 8.62. The molecule has 156 valence electrons. The van der Waals surface area contributed by atoms with Crippen LogP contribution in [0.2, 0.25) is 0 Å². The number of carboxylic acids is 1. The van der Waals surface area contributed by atoms with Gasteiger partial charge in [-0.15, -0.1) is 0 Å². The largest absolute Gasteiger partial charge is 0.481 e. The van der Waals surface area contributed by atoms with Gasteiger partial charge in [0.2, 0.25) is 0 Å². The van der Waals surface area contributed by atoms with E-state index in [1.165, 1.54) is 5.39 Å². The number of pyridine rings is 1. The first-order valence-corrected chi connectivity index (χ1v) is 10.8. The molecule has 2 aliphatic heterocycles. The Balaban J connectivity index is 1.43. The Labute approximate surface area is 173 Å². The van der Waals surface area contributed by atoms with Gasteiger partial charge in [0.15, 0.2) is 0 Å². The zero-order chi connectivity index (χ0) is 20.2. The molecule has 0 amide bonds. The molecule has 0 saturated carbocycles. The van der Waals surface area contributed by atoms with Crippen molar-refractivity contribution in [3.8, 4) is 0 Å². The van der Waals surface area contributed by atoms with Gasteiger partial charge in [0.05, 0.1) is 11.2 Å². The molecular weight excluding hydrogens is 364 g/mol. The van der Waals surface area contributed by atoms with Crippen molar-refractivity contribution in [1.82, 2.24) is 19.7 Å². The molecule has 4 rings (SSSR count). The van der Waals surface area contributed by atoms with Crippen molar-refractivity contribution in [1.29, 1.82) is 0 Å². The number of likely N-dealkylation sites (N-methyl/N-ethyl adjacent to an activating group) is 1. The summed E-state index contributed by atoms with van der Waals surface area (Å²) in [5, 5.41) is 10.4. The van der Waals surface area contributed by atoms with Crippen molar-refractivity contribution in [2.24, 2.45) is 5.92 Å². The summed E-state index contributed by atoms with van der Waals surface area (Å²) >= 11 is 0. The van der Waals surface area contributed by atoms with Crippen LogP contribution in [0.5, 0.6) is 0 Å². The van der Waals surface area contributed by atoms with Crippen LogP contribution in [0.4, 0.5) is 0 Å². The first-order chi connectivity index (χ1) is 14.1. The Morgan fingerprint density at radius 1 is 1.10 bits per heavy atom. The lowest BCUT2D eigenvalue weighted by Crippen LogP contribution is -2.56. The number of piperazine rings is 1. The molecule has 2 atom stereocenters. The van der Waals surface area contributed by atoms with Crippen LogP contribution in [0, 0.1) is 5.92 Å². The number of carbonyl (C=O) groups is 1. The SMILES string of the molecule is CN1CCN([C@@H]2CCN(Cc3ccc4ccccc4n3)C[C@@H]2CCC(=O)O)CC1. The smallest absolute Gasteiger partial charge is 0.303 e. The summed E-state index contributed by atoms with van der Waals surface area (Å²) in [4.78, 5) is 23.5. The molecule has 2 aliphatic rings. The van der Waals surface area contributed by atoms with E-state index in [1.807, 2.05) is 12.1 Å². The van der Waals surface area contributed by atoms with E-state index >= 15 is 0 Å². The maximum absolute atomic E-state index is 11.2. The number of piperidine rings is 1. The number of nitrogens with zero attached hydrogens (tertiary/aromatic N) is 4. The van der Waals surface area contributed by atoms with Gasteiger partial charge in [-0.1, -0.05) is 24.3 Å². The van der Waals surface area contributed by atoms with Gasteiger partial charge in [-0.3, -0.25) is 19.6 Å². The second-order valence-corrected chi connectivity index (χ2v) is 8.62. The quantitative estimate of drug-likeness (QED) is 0.810. The van der Waals surface area contributed by atoms with Gasteiger partial charge >= 0.3 is 5.97 Å². The topological polar surface area (TPSA) is 59.9 Å². The van der Waals surface area contributed by atoms with E-state index in [0.29, 0.717) is 12.0 Å². The Hall–Kier alpha value is -2.02. The van der Waals surface area contributed by atoms with Gasteiger partial charge in [0.25, 0.3) is 0 Å². The number of hydrogen-bond donors (Lipinski definition) is 1. The highest BCUT2D eigenvalue weighted by molar-refractivity contribution is 5.78. The van der Waals surface area contributed by atoms with Crippen molar-refractivity contribution in [3.63, 3.8) is 0 Å². The van der Waals surface area contributed by atoms with Crippen LogP contribution in [-0.2, 0) is 11.3 Å². The van der Waals surface area contributed by atoms with Gasteiger partial charge in [0.1, 0.15) is 0 Å². The highest BCUT2D eigenvalue weighted by Crippen LogP contribution is 2.28. The zero-order valence-corrected chi connectivity index (χ0v) is 17.3. The summed E-state index contributed by atoms with van der Waals surface area (Å²) in [6, 6.07) is 13.0. The van der Waals surface area contributed by atoms with Crippen LogP contribution in [0.1, 0.15) is 25.0 Å². The molecule has 2 aromatic rings. The number of para-hydroxylation sites is 1. The van der Waals surface area contributed by atoms with Gasteiger partial charge in [0, 0.05) is 63.7 Å². The molecule has 6 heteroatoms. The van der Waals surface area contributed by atoms with Crippen LogP contribution in [0.3, 0.4) is 0 Å². The lowest BCUT2D eigenvalue weighted by atomic mass is 9.86. The van der Waals surface area contributed by atoms with Crippen LogP contribution >= 0.6 is 0 Å². The minimum Gasteiger partial charge on any atom is -0.481 e. The van der Waals surface area contributed by atoms with E-state index in [0.717, 1.165) is 69.9 Å². The molecule has 0 spiro atoms. The third kappa shape index (κ3) is 5.13. The Bertz CT molecular complexity index is 834. The lowest BCUT2D eigenvalue weighted by Gasteiger charge is -2.46. The van der Waals surface area contributed by atoms with Crippen molar-refractivity contribution < 1.29 is 9.90 Å². The van der Waals surface area contributed by atoms with Crippen molar-refractivity contribution in [3.05, 3.63) is 42.1 Å². The predicted octanol–water partition coefficient (Wildman–Crippen LogP) is 2.54. The van der Waals surface area contributed by atoms with Crippen molar-refractivity contribution in [2.45, 2.75) is 31.8 Å². The molecular formula is C23H32N4O2.